The van der Waals surface area contributed by atoms with Gasteiger partial charge in [-0.3, -0.25) is 4.79 Å². The highest BCUT2D eigenvalue weighted by molar-refractivity contribution is 6.99. The molecule has 2 N–H and O–H groups in total. The number of carbonyl (C=O) groups is 1. The van der Waals surface area contributed by atoms with Crippen LogP contribution in [0.3, 0.4) is 0 Å². The van der Waals surface area contributed by atoms with Crippen LogP contribution in [0.15, 0.2) is 12.3 Å². The lowest BCUT2D eigenvalue weighted by Gasteiger charge is -2.32. The predicted molar refractivity (Wildman–Crippen MR) is 104 cm³/mol. The Balaban J connectivity index is 1.57. The van der Waals surface area contributed by atoms with Gasteiger partial charge in [0, 0.05) is 50.3 Å². The van der Waals surface area contributed by atoms with Gasteiger partial charge in [-0.15, -0.1) is 0 Å². The number of amides is 1. The fraction of sp³-hybridized carbons (Fsp3) is 0.588. The van der Waals surface area contributed by atoms with Crippen molar-refractivity contribution in [2.75, 3.05) is 57.5 Å². The van der Waals surface area contributed by atoms with Crippen LogP contribution >= 0.6 is 11.7 Å². The minimum atomic E-state index is -0.0233. The molecule has 2 aliphatic rings. The number of aromatic nitrogens is 4. The Morgan fingerprint density at radius 3 is 2.85 bits per heavy atom. The van der Waals surface area contributed by atoms with Crippen molar-refractivity contribution >= 4 is 29.4 Å². The fourth-order valence-electron chi connectivity index (χ4n) is 4.43. The van der Waals surface area contributed by atoms with Crippen LogP contribution in [0, 0.1) is 18.3 Å². The van der Waals surface area contributed by atoms with E-state index in [1.54, 1.807) is 12.3 Å². The molecule has 2 atom stereocenters. The maximum absolute atomic E-state index is 12.9. The van der Waals surface area contributed by atoms with Gasteiger partial charge < -0.3 is 20.4 Å². The molecule has 144 valence electrons. The molecule has 2 fully saturated rings. The van der Waals surface area contributed by atoms with Crippen molar-refractivity contribution in [2.24, 2.45) is 11.3 Å². The molecule has 27 heavy (non-hydrogen) atoms. The highest BCUT2D eigenvalue weighted by Gasteiger charge is 2.54. The van der Waals surface area contributed by atoms with Gasteiger partial charge in [-0.25, -0.2) is 4.98 Å². The summed E-state index contributed by atoms with van der Waals surface area (Å²) in [5.41, 5.74) is 7.00. The van der Waals surface area contributed by atoms with Gasteiger partial charge in [0.1, 0.15) is 5.82 Å². The van der Waals surface area contributed by atoms with Crippen LogP contribution in [-0.2, 0) is 0 Å². The van der Waals surface area contributed by atoms with Gasteiger partial charge in [-0.1, -0.05) is 0 Å². The number of hydrogen-bond acceptors (Lipinski definition) is 9. The molecule has 0 saturated carbocycles. The van der Waals surface area contributed by atoms with E-state index in [9.17, 15) is 4.79 Å². The lowest BCUT2D eigenvalue weighted by molar-refractivity contribution is 0.0760. The van der Waals surface area contributed by atoms with E-state index in [1.165, 1.54) is 0 Å². The number of nitrogen functional groups attached to an aromatic ring is 1. The van der Waals surface area contributed by atoms with E-state index in [0.717, 1.165) is 31.4 Å². The molecule has 0 aromatic carbocycles. The van der Waals surface area contributed by atoms with Crippen molar-refractivity contribution < 1.29 is 4.79 Å². The Morgan fingerprint density at radius 1 is 1.37 bits per heavy atom. The SMILES string of the molecule is Cc1nsnc1C(=O)N1CC2CN(c3nccc(N)n3)CC2(CN(C)C)C1. The van der Waals surface area contributed by atoms with Crippen LogP contribution in [0.5, 0.6) is 0 Å². The van der Waals surface area contributed by atoms with Crippen LogP contribution in [0.25, 0.3) is 0 Å². The van der Waals surface area contributed by atoms with Gasteiger partial charge >= 0.3 is 0 Å². The van der Waals surface area contributed by atoms with Crippen molar-refractivity contribution in [3.63, 3.8) is 0 Å². The number of anilines is 2. The molecule has 4 rings (SSSR count). The zero-order valence-corrected chi connectivity index (χ0v) is 16.6. The number of rotatable bonds is 4. The van der Waals surface area contributed by atoms with Crippen molar-refractivity contribution in [1.82, 2.24) is 28.5 Å². The summed E-state index contributed by atoms with van der Waals surface area (Å²) >= 11 is 1.09. The standard InChI is InChI=1S/C17H24N8OS/c1-11-14(22-27-21-11)15(26)24-6-12-7-25(16-19-5-4-13(18)20-16)10-17(12,9-24)8-23(2)3/h4-5,12H,6-10H2,1-3H3,(H2,18,19,20). The summed E-state index contributed by atoms with van der Waals surface area (Å²) in [7, 11) is 4.15. The maximum atomic E-state index is 12.9. The molecule has 0 spiro atoms. The molecule has 9 nitrogen and oxygen atoms in total. The molecule has 0 radical (unpaired) electrons. The summed E-state index contributed by atoms with van der Waals surface area (Å²) < 4.78 is 8.34. The highest BCUT2D eigenvalue weighted by atomic mass is 32.1. The highest BCUT2D eigenvalue weighted by Crippen LogP contribution is 2.44. The largest absolute Gasteiger partial charge is 0.384 e. The average molecular weight is 389 g/mol. The maximum Gasteiger partial charge on any atom is 0.275 e. The summed E-state index contributed by atoms with van der Waals surface area (Å²) in [6.45, 7) is 5.76. The number of carbonyl (C=O) groups excluding carboxylic acids is 1. The lowest BCUT2D eigenvalue weighted by atomic mass is 9.80. The molecular formula is C17H24N8OS. The van der Waals surface area contributed by atoms with E-state index in [-0.39, 0.29) is 11.3 Å². The average Bonchev–Trinajstić information content (AvgIpc) is 3.25. The van der Waals surface area contributed by atoms with Gasteiger partial charge in [0.05, 0.1) is 17.4 Å². The quantitative estimate of drug-likeness (QED) is 0.801. The Bertz CT molecular complexity index is 855. The second-order valence-electron chi connectivity index (χ2n) is 7.84. The zero-order valence-electron chi connectivity index (χ0n) is 15.8. The lowest BCUT2D eigenvalue weighted by Crippen LogP contribution is -2.43. The van der Waals surface area contributed by atoms with E-state index in [4.69, 9.17) is 5.73 Å². The van der Waals surface area contributed by atoms with Crippen molar-refractivity contribution in [1.29, 1.82) is 0 Å². The first-order chi connectivity index (χ1) is 12.9. The van der Waals surface area contributed by atoms with E-state index in [1.807, 2.05) is 11.8 Å². The van der Waals surface area contributed by atoms with Crippen LogP contribution in [0.1, 0.15) is 16.2 Å². The van der Waals surface area contributed by atoms with Gasteiger partial charge in [-0.2, -0.15) is 13.7 Å². The van der Waals surface area contributed by atoms with Crippen LogP contribution < -0.4 is 10.6 Å². The first-order valence-electron chi connectivity index (χ1n) is 8.94. The minimum Gasteiger partial charge on any atom is -0.384 e. The molecule has 0 bridgehead atoms. The molecule has 2 saturated heterocycles. The number of likely N-dealkylation sites (tertiary alicyclic amines) is 1. The van der Waals surface area contributed by atoms with E-state index in [0.29, 0.717) is 42.2 Å². The first-order valence-corrected chi connectivity index (χ1v) is 9.68. The third kappa shape index (κ3) is 3.23. The minimum absolute atomic E-state index is 0.0134. The Kier molecular flexibility index (Phi) is 4.47. The van der Waals surface area contributed by atoms with Crippen molar-refractivity contribution in [2.45, 2.75) is 6.92 Å². The zero-order chi connectivity index (χ0) is 19.2. The molecule has 10 heteroatoms. The van der Waals surface area contributed by atoms with Gasteiger partial charge in [0.25, 0.3) is 5.91 Å². The molecule has 2 aliphatic heterocycles. The molecule has 4 heterocycles. The smallest absolute Gasteiger partial charge is 0.275 e. The van der Waals surface area contributed by atoms with Crippen molar-refractivity contribution in [3.05, 3.63) is 23.7 Å². The van der Waals surface area contributed by atoms with E-state index in [2.05, 4.69) is 42.6 Å². The van der Waals surface area contributed by atoms with E-state index < -0.39 is 0 Å². The summed E-state index contributed by atoms with van der Waals surface area (Å²) in [4.78, 5) is 28.0. The molecular weight excluding hydrogens is 364 g/mol. The monoisotopic (exact) mass is 388 g/mol. The van der Waals surface area contributed by atoms with Gasteiger partial charge in [0.2, 0.25) is 5.95 Å². The molecule has 1 amide bonds. The molecule has 2 aromatic heterocycles. The van der Waals surface area contributed by atoms with Gasteiger partial charge in [-0.05, 0) is 27.1 Å². The first kappa shape index (κ1) is 18.1. The van der Waals surface area contributed by atoms with Crippen LogP contribution in [-0.4, -0.2) is 81.2 Å². The molecule has 2 aromatic rings. The normalized spacial score (nSPS) is 24.7. The van der Waals surface area contributed by atoms with E-state index >= 15 is 0 Å². The fourth-order valence-corrected chi connectivity index (χ4v) is 4.97. The topological polar surface area (TPSA) is 104 Å². The molecule has 2 unspecified atom stereocenters. The third-order valence-electron chi connectivity index (χ3n) is 5.48. The summed E-state index contributed by atoms with van der Waals surface area (Å²) in [6.07, 6.45) is 1.69. The van der Waals surface area contributed by atoms with Crippen LogP contribution in [0.4, 0.5) is 11.8 Å². The summed E-state index contributed by atoms with van der Waals surface area (Å²) in [5.74, 6) is 1.48. The summed E-state index contributed by atoms with van der Waals surface area (Å²) in [6, 6.07) is 1.70. The second kappa shape index (κ2) is 6.68. The van der Waals surface area contributed by atoms with Gasteiger partial charge in [0.15, 0.2) is 5.69 Å². The Morgan fingerprint density at radius 2 is 2.19 bits per heavy atom. The Labute approximate surface area is 162 Å². The third-order valence-corrected chi connectivity index (χ3v) is 6.10. The Hall–Kier alpha value is -2.33. The number of aryl methyl sites for hydroxylation is 1. The molecule has 0 aliphatic carbocycles. The summed E-state index contributed by atoms with van der Waals surface area (Å²) in [5, 5.41) is 0. The number of nitrogens with two attached hydrogens (primary N) is 1. The predicted octanol–water partition coefficient (Wildman–Crippen LogP) is 0.359. The number of hydrogen-bond donors (Lipinski definition) is 1. The van der Waals surface area contributed by atoms with Crippen molar-refractivity contribution in [3.8, 4) is 0 Å². The number of nitrogens with zero attached hydrogens (tertiary/aromatic N) is 7. The number of fused-ring (bicyclic) bond motifs is 1. The second-order valence-corrected chi connectivity index (χ2v) is 8.37. The van der Waals surface area contributed by atoms with Crippen LogP contribution in [0.2, 0.25) is 0 Å².